The van der Waals surface area contributed by atoms with E-state index in [0.29, 0.717) is 11.3 Å². The number of carbonyl (C=O) groups excluding carboxylic acids is 1. The third kappa shape index (κ3) is 3.31. The van der Waals surface area contributed by atoms with Gasteiger partial charge in [0.05, 0.1) is 24.6 Å². The van der Waals surface area contributed by atoms with Gasteiger partial charge in [-0.3, -0.25) is 4.79 Å². The molecule has 0 aliphatic carbocycles. The van der Waals surface area contributed by atoms with Gasteiger partial charge in [0, 0.05) is 12.7 Å². The fraction of sp³-hybridized carbons (Fsp3) is 0.250. The Balaban J connectivity index is 2.10. The molecule has 2 rings (SSSR count). The molecule has 1 N–H and O–H groups in total. The first kappa shape index (κ1) is 14.8. The average molecular weight is 285 g/mol. The van der Waals surface area contributed by atoms with Gasteiger partial charge >= 0.3 is 0 Å². The number of nitrogens with one attached hydrogen (secondary N) is 1. The van der Waals surface area contributed by atoms with Crippen LogP contribution in [0.4, 0.5) is 0 Å². The summed E-state index contributed by atoms with van der Waals surface area (Å²) in [6.07, 6.45) is 1.62. The van der Waals surface area contributed by atoms with Gasteiger partial charge in [-0.2, -0.15) is 5.10 Å². The normalized spacial score (nSPS) is 10.9. The number of ether oxygens (including phenoxy) is 1. The highest BCUT2D eigenvalue weighted by atomic mass is 16.5. The molecule has 0 unspecified atom stereocenters. The molecule has 0 aliphatic heterocycles. The van der Waals surface area contributed by atoms with Crippen LogP contribution in [0.5, 0.6) is 5.75 Å². The molecule has 0 bridgehead atoms. The number of hydrogen-bond acceptors (Lipinski definition) is 3. The van der Waals surface area contributed by atoms with Crippen LogP contribution in [0.2, 0.25) is 0 Å². The first-order valence-electron chi connectivity index (χ1n) is 6.63. The van der Waals surface area contributed by atoms with E-state index in [0.717, 1.165) is 17.0 Å². The maximum Gasteiger partial charge on any atom is 0.275 e. The fourth-order valence-corrected chi connectivity index (χ4v) is 1.97. The Morgan fingerprint density at radius 3 is 2.67 bits per heavy atom. The Morgan fingerprint density at radius 1 is 1.29 bits per heavy atom. The second-order valence-electron chi connectivity index (χ2n) is 4.86. The Labute approximate surface area is 124 Å². The predicted octanol–water partition coefficient (Wildman–Crippen LogP) is 2.41. The number of hydrogen-bond donors (Lipinski definition) is 1. The zero-order valence-electron chi connectivity index (χ0n) is 12.7. The molecular formula is C16H19N3O2. The number of carbonyl (C=O) groups is 1. The molecule has 0 atom stereocenters. The van der Waals surface area contributed by atoms with Crippen molar-refractivity contribution in [1.29, 1.82) is 0 Å². The quantitative estimate of drug-likeness (QED) is 0.693. The van der Waals surface area contributed by atoms with E-state index in [9.17, 15) is 4.79 Å². The lowest BCUT2D eigenvalue weighted by Crippen LogP contribution is -2.18. The van der Waals surface area contributed by atoms with Crippen molar-refractivity contribution >= 4 is 12.1 Å². The second kappa shape index (κ2) is 6.26. The summed E-state index contributed by atoms with van der Waals surface area (Å²) in [5, 5.41) is 3.99. The molecule has 0 radical (unpaired) electrons. The minimum absolute atomic E-state index is 0.297. The first-order valence-corrected chi connectivity index (χ1v) is 6.63. The van der Waals surface area contributed by atoms with Crippen LogP contribution in [0, 0.1) is 13.8 Å². The molecule has 0 saturated carbocycles. The lowest BCUT2D eigenvalue weighted by molar-refractivity contribution is 0.0952. The summed E-state index contributed by atoms with van der Waals surface area (Å²) in [5.41, 5.74) is 6.06. The van der Waals surface area contributed by atoms with Crippen LogP contribution in [0.1, 0.15) is 27.3 Å². The lowest BCUT2D eigenvalue weighted by Gasteiger charge is -2.07. The summed E-state index contributed by atoms with van der Waals surface area (Å²) in [6.45, 7) is 3.95. The summed E-state index contributed by atoms with van der Waals surface area (Å²) in [4.78, 5) is 12.1. The van der Waals surface area contributed by atoms with Gasteiger partial charge in [-0.25, -0.2) is 5.43 Å². The summed E-state index contributed by atoms with van der Waals surface area (Å²) in [6, 6.07) is 9.34. The largest absolute Gasteiger partial charge is 0.496 e. The van der Waals surface area contributed by atoms with Crippen molar-refractivity contribution in [3.8, 4) is 5.75 Å². The molecule has 5 heteroatoms. The van der Waals surface area contributed by atoms with Gasteiger partial charge in [0.15, 0.2) is 0 Å². The number of benzene rings is 1. The van der Waals surface area contributed by atoms with Crippen molar-refractivity contribution < 1.29 is 9.53 Å². The van der Waals surface area contributed by atoms with E-state index >= 15 is 0 Å². The zero-order chi connectivity index (χ0) is 15.4. The van der Waals surface area contributed by atoms with Crippen LogP contribution in [0.25, 0.3) is 0 Å². The van der Waals surface area contributed by atoms with E-state index in [2.05, 4.69) is 10.5 Å². The van der Waals surface area contributed by atoms with Gasteiger partial charge in [0.2, 0.25) is 0 Å². The maximum absolute atomic E-state index is 12.1. The van der Waals surface area contributed by atoms with Gasteiger partial charge in [-0.05, 0) is 43.7 Å². The van der Waals surface area contributed by atoms with Gasteiger partial charge in [0.1, 0.15) is 5.75 Å². The summed E-state index contributed by atoms with van der Waals surface area (Å²) < 4.78 is 7.21. The van der Waals surface area contributed by atoms with Crippen LogP contribution in [0.15, 0.2) is 35.4 Å². The number of methoxy groups -OCH3 is 1. The van der Waals surface area contributed by atoms with Crippen molar-refractivity contribution in [2.24, 2.45) is 12.1 Å². The van der Waals surface area contributed by atoms with Crippen molar-refractivity contribution in [1.82, 2.24) is 9.99 Å². The average Bonchev–Trinajstić information content (AvgIpc) is 2.79. The monoisotopic (exact) mass is 285 g/mol. The van der Waals surface area contributed by atoms with E-state index in [1.807, 2.05) is 49.7 Å². The van der Waals surface area contributed by atoms with Crippen LogP contribution >= 0.6 is 0 Å². The third-order valence-corrected chi connectivity index (χ3v) is 3.38. The van der Waals surface area contributed by atoms with Crippen LogP contribution < -0.4 is 10.2 Å². The van der Waals surface area contributed by atoms with E-state index in [4.69, 9.17) is 4.74 Å². The smallest absolute Gasteiger partial charge is 0.275 e. The van der Waals surface area contributed by atoms with Crippen molar-refractivity contribution in [3.63, 3.8) is 0 Å². The molecule has 0 saturated heterocycles. The summed E-state index contributed by atoms with van der Waals surface area (Å²) in [5.74, 6) is 0.242. The molecule has 0 fully saturated rings. The SMILES string of the molecule is COc1cc(C)ccc1C(=O)N/N=C/c1ccc(C)n1C. The summed E-state index contributed by atoms with van der Waals surface area (Å²) >= 11 is 0. The molecule has 1 aromatic heterocycles. The molecule has 1 aromatic carbocycles. The maximum atomic E-state index is 12.1. The highest BCUT2D eigenvalue weighted by Gasteiger charge is 2.11. The van der Waals surface area contributed by atoms with Crippen LogP contribution in [-0.2, 0) is 7.05 Å². The number of amides is 1. The molecular weight excluding hydrogens is 266 g/mol. The van der Waals surface area contributed by atoms with E-state index < -0.39 is 0 Å². The highest BCUT2D eigenvalue weighted by Crippen LogP contribution is 2.19. The highest BCUT2D eigenvalue weighted by molar-refractivity contribution is 5.97. The van der Waals surface area contributed by atoms with Gasteiger partial charge in [-0.15, -0.1) is 0 Å². The molecule has 21 heavy (non-hydrogen) atoms. The Bertz CT molecular complexity index is 687. The molecule has 2 aromatic rings. The predicted molar refractivity (Wildman–Crippen MR) is 82.9 cm³/mol. The Morgan fingerprint density at radius 2 is 2.05 bits per heavy atom. The standard InChI is InChI=1S/C16H19N3O2/c1-11-5-8-14(15(9-11)21-4)16(20)18-17-10-13-7-6-12(2)19(13)3/h5-10H,1-4H3,(H,18,20)/b17-10+. The Hall–Kier alpha value is -2.56. The van der Waals surface area contributed by atoms with Crippen molar-refractivity contribution in [2.45, 2.75) is 13.8 Å². The molecule has 0 aliphatic rings. The van der Waals surface area contributed by atoms with E-state index in [1.54, 1.807) is 19.4 Å². The second-order valence-corrected chi connectivity index (χ2v) is 4.86. The molecule has 1 amide bonds. The molecule has 1 heterocycles. The van der Waals surface area contributed by atoms with Crippen molar-refractivity contribution in [3.05, 3.63) is 52.8 Å². The topological polar surface area (TPSA) is 55.6 Å². The fourth-order valence-electron chi connectivity index (χ4n) is 1.97. The number of nitrogens with zero attached hydrogens (tertiary/aromatic N) is 2. The minimum atomic E-state index is -0.297. The van der Waals surface area contributed by atoms with Crippen LogP contribution in [-0.4, -0.2) is 23.8 Å². The minimum Gasteiger partial charge on any atom is -0.496 e. The molecule has 110 valence electrons. The first-order chi connectivity index (χ1) is 10.0. The Kier molecular flexibility index (Phi) is 4.42. The number of aromatic nitrogens is 1. The lowest BCUT2D eigenvalue weighted by atomic mass is 10.1. The van der Waals surface area contributed by atoms with E-state index in [1.165, 1.54) is 0 Å². The molecule has 5 nitrogen and oxygen atoms in total. The number of rotatable bonds is 4. The van der Waals surface area contributed by atoms with Gasteiger partial charge in [0.25, 0.3) is 5.91 Å². The number of aryl methyl sites for hydroxylation is 2. The third-order valence-electron chi connectivity index (χ3n) is 3.38. The zero-order valence-corrected chi connectivity index (χ0v) is 12.7. The van der Waals surface area contributed by atoms with Crippen LogP contribution in [0.3, 0.4) is 0 Å². The molecule has 0 spiro atoms. The van der Waals surface area contributed by atoms with Crippen molar-refractivity contribution in [2.75, 3.05) is 7.11 Å². The van der Waals surface area contributed by atoms with Gasteiger partial charge < -0.3 is 9.30 Å². The summed E-state index contributed by atoms with van der Waals surface area (Å²) in [7, 11) is 3.49. The van der Waals surface area contributed by atoms with Gasteiger partial charge in [-0.1, -0.05) is 6.07 Å². The van der Waals surface area contributed by atoms with E-state index in [-0.39, 0.29) is 5.91 Å². The number of hydrazone groups is 1.